The van der Waals surface area contributed by atoms with E-state index >= 15 is 0 Å². The van der Waals surface area contributed by atoms with Crippen molar-refractivity contribution in [1.82, 2.24) is 9.97 Å². The maximum atomic E-state index is 8.75. The maximum Gasteiger partial charge on any atom is 0.319 e. The summed E-state index contributed by atoms with van der Waals surface area (Å²) >= 11 is 0. The van der Waals surface area contributed by atoms with Gasteiger partial charge in [0, 0.05) is 6.20 Å². The van der Waals surface area contributed by atoms with E-state index in [9.17, 15) is 0 Å². The van der Waals surface area contributed by atoms with Crippen LogP contribution in [0.15, 0.2) is 30.5 Å². The van der Waals surface area contributed by atoms with Crippen LogP contribution < -0.4 is 9.47 Å². The molecule has 0 atom stereocenters. The van der Waals surface area contributed by atoms with Crippen LogP contribution in [0, 0.1) is 11.3 Å². The average Bonchev–Trinajstić information content (AvgIpc) is 2.46. The number of methoxy groups -OCH3 is 2. The summed E-state index contributed by atoms with van der Waals surface area (Å²) in [6.45, 7) is 0. The fraction of sp³-hybridized carbons (Fsp3) is 0.154. The van der Waals surface area contributed by atoms with Crippen molar-refractivity contribution in [2.75, 3.05) is 14.2 Å². The second-order valence-corrected chi connectivity index (χ2v) is 3.47. The number of ether oxygens (including phenoxy) is 2. The van der Waals surface area contributed by atoms with Crippen LogP contribution in [0.25, 0.3) is 11.1 Å². The first-order valence-electron chi connectivity index (χ1n) is 5.24. The standard InChI is InChI=1S/C13H11N3O2/c1-17-12-11(8-15-13(16-12)18-2)10-5-3-9(7-14)4-6-10/h3-6,8H,1-2H3. The van der Waals surface area contributed by atoms with E-state index in [0.717, 1.165) is 11.1 Å². The first-order valence-corrected chi connectivity index (χ1v) is 5.24. The smallest absolute Gasteiger partial charge is 0.319 e. The van der Waals surface area contributed by atoms with Gasteiger partial charge in [0.15, 0.2) is 0 Å². The normalized spacial score (nSPS) is 9.61. The minimum Gasteiger partial charge on any atom is -0.480 e. The van der Waals surface area contributed by atoms with Crippen molar-refractivity contribution in [3.8, 4) is 29.1 Å². The number of benzene rings is 1. The van der Waals surface area contributed by atoms with Crippen LogP contribution in [0.5, 0.6) is 11.9 Å². The number of hydrogen-bond acceptors (Lipinski definition) is 5. The van der Waals surface area contributed by atoms with Crippen molar-refractivity contribution >= 4 is 0 Å². The molecule has 0 radical (unpaired) electrons. The zero-order valence-electron chi connectivity index (χ0n) is 10.0. The highest BCUT2D eigenvalue weighted by Crippen LogP contribution is 2.28. The third-order valence-electron chi connectivity index (χ3n) is 2.43. The minimum absolute atomic E-state index is 0.254. The van der Waals surface area contributed by atoms with E-state index in [0.29, 0.717) is 11.4 Å². The van der Waals surface area contributed by atoms with E-state index in [4.69, 9.17) is 14.7 Å². The average molecular weight is 241 g/mol. The van der Waals surface area contributed by atoms with Gasteiger partial charge >= 0.3 is 6.01 Å². The highest BCUT2D eigenvalue weighted by atomic mass is 16.5. The van der Waals surface area contributed by atoms with Crippen molar-refractivity contribution in [3.05, 3.63) is 36.0 Å². The van der Waals surface area contributed by atoms with Crippen LogP contribution in [0.2, 0.25) is 0 Å². The summed E-state index contributed by atoms with van der Waals surface area (Å²) in [5.41, 5.74) is 2.24. The molecule has 0 aliphatic rings. The Balaban J connectivity index is 2.46. The van der Waals surface area contributed by atoms with Crippen molar-refractivity contribution < 1.29 is 9.47 Å². The van der Waals surface area contributed by atoms with Crippen LogP contribution in [-0.2, 0) is 0 Å². The Labute approximate surface area is 105 Å². The van der Waals surface area contributed by atoms with Crippen molar-refractivity contribution in [1.29, 1.82) is 5.26 Å². The summed E-state index contributed by atoms with van der Waals surface area (Å²) in [5.74, 6) is 0.437. The van der Waals surface area contributed by atoms with Gasteiger partial charge in [-0.15, -0.1) is 0 Å². The third-order valence-corrected chi connectivity index (χ3v) is 2.43. The van der Waals surface area contributed by atoms with Gasteiger partial charge < -0.3 is 9.47 Å². The molecule has 1 aromatic carbocycles. The van der Waals surface area contributed by atoms with Gasteiger partial charge in [-0.25, -0.2) is 4.98 Å². The molecule has 18 heavy (non-hydrogen) atoms. The molecule has 0 aliphatic heterocycles. The molecular formula is C13H11N3O2. The van der Waals surface area contributed by atoms with Gasteiger partial charge in [0.05, 0.1) is 31.4 Å². The Kier molecular flexibility index (Phi) is 3.39. The molecule has 0 aliphatic carbocycles. The summed E-state index contributed by atoms with van der Waals surface area (Å²) in [6.07, 6.45) is 1.63. The van der Waals surface area contributed by atoms with Crippen molar-refractivity contribution in [2.45, 2.75) is 0 Å². The highest BCUT2D eigenvalue weighted by Gasteiger charge is 2.10. The monoisotopic (exact) mass is 241 g/mol. The van der Waals surface area contributed by atoms with Gasteiger partial charge in [0.2, 0.25) is 5.88 Å². The minimum atomic E-state index is 0.254. The predicted octanol–water partition coefficient (Wildman–Crippen LogP) is 2.03. The molecule has 0 saturated heterocycles. The summed E-state index contributed by atoms with van der Waals surface area (Å²) in [6, 6.07) is 9.45. The molecule has 5 nitrogen and oxygen atoms in total. The van der Waals surface area contributed by atoms with Gasteiger partial charge in [-0.3, -0.25) is 0 Å². The molecule has 2 aromatic rings. The van der Waals surface area contributed by atoms with Gasteiger partial charge in [-0.1, -0.05) is 12.1 Å². The fourth-order valence-electron chi connectivity index (χ4n) is 1.53. The number of aromatic nitrogens is 2. The number of hydrogen-bond donors (Lipinski definition) is 0. The number of nitriles is 1. The van der Waals surface area contributed by atoms with Crippen molar-refractivity contribution in [3.63, 3.8) is 0 Å². The quantitative estimate of drug-likeness (QED) is 0.822. The van der Waals surface area contributed by atoms with Gasteiger partial charge in [0.1, 0.15) is 0 Å². The molecule has 0 saturated carbocycles. The molecule has 2 rings (SSSR count). The lowest BCUT2D eigenvalue weighted by Crippen LogP contribution is -1.97. The van der Waals surface area contributed by atoms with E-state index in [2.05, 4.69) is 16.0 Å². The summed E-state index contributed by atoms with van der Waals surface area (Å²) < 4.78 is 10.1. The molecule has 0 amide bonds. The molecule has 1 heterocycles. The largest absolute Gasteiger partial charge is 0.480 e. The van der Waals surface area contributed by atoms with Gasteiger partial charge in [-0.05, 0) is 17.7 Å². The summed E-state index contributed by atoms with van der Waals surface area (Å²) in [5, 5.41) is 8.75. The molecule has 5 heteroatoms. The summed E-state index contributed by atoms with van der Waals surface area (Å²) in [4.78, 5) is 8.15. The molecule has 90 valence electrons. The third kappa shape index (κ3) is 2.23. The lowest BCUT2D eigenvalue weighted by molar-refractivity contribution is 0.353. The van der Waals surface area contributed by atoms with E-state index in [1.165, 1.54) is 14.2 Å². The first-order chi connectivity index (χ1) is 8.78. The van der Waals surface area contributed by atoms with Crippen LogP contribution >= 0.6 is 0 Å². The van der Waals surface area contributed by atoms with E-state index in [1.54, 1.807) is 18.3 Å². The lowest BCUT2D eigenvalue weighted by Gasteiger charge is -2.08. The second-order valence-electron chi connectivity index (χ2n) is 3.47. The molecule has 0 spiro atoms. The maximum absolute atomic E-state index is 8.75. The lowest BCUT2D eigenvalue weighted by atomic mass is 10.1. The predicted molar refractivity (Wildman–Crippen MR) is 65.3 cm³/mol. The molecule has 0 N–H and O–H groups in total. The van der Waals surface area contributed by atoms with Crippen molar-refractivity contribution in [2.24, 2.45) is 0 Å². The first kappa shape index (κ1) is 11.9. The zero-order chi connectivity index (χ0) is 13.0. The zero-order valence-corrected chi connectivity index (χ0v) is 10.0. The van der Waals surface area contributed by atoms with Crippen LogP contribution in [0.1, 0.15) is 5.56 Å². The van der Waals surface area contributed by atoms with E-state index in [-0.39, 0.29) is 6.01 Å². The molecule has 1 aromatic heterocycles. The Hall–Kier alpha value is -2.61. The van der Waals surface area contributed by atoms with E-state index < -0.39 is 0 Å². The number of rotatable bonds is 3. The van der Waals surface area contributed by atoms with Crippen LogP contribution in [-0.4, -0.2) is 24.2 Å². The fourth-order valence-corrected chi connectivity index (χ4v) is 1.53. The SMILES string of the molecule is COc1ncc(-c2ccc(C#N)cc2)c(OC)n1. The molecule has 0 fully saturated rings. The Morgan fingerprint density at radius 2 is 1.83 bits per heavy atom. The van der Waals surface area contributed by atoms with Gasteiger partial charge in [-0.2, -0.15) is 10.2 Å². The Morgan fingerprint density at radius 1 is 1.11 bits per heavy atom. The second kappa shape index (κ2) is 5.15. The van der Waals surface area contributed by atoms with Crippen LogP contribution in [0.4, 0.5) is 0 Å². The molecular weight excluding hydrogens is 230 g/mol. The number of nitrogens with zero attached hydrogens (tertiary/aromatic N) is 3. The Bertz CT molecular complexity index is 588. The highest BCUT2D eigenvalue weighted by molar-refractivity contribution is 5.68. The Morgan fingerprint density at radius 3 is 2.39 bits per heavy atom. The topological polar surface area (TPSA) is 68.0 Å². The van der Waals surface area contributed by atoms with E-state index in [1.807, 2.05) is 12.1 Å². The van der Waals surface area contributed by atoms with Crippen LogP contribution in [0.3, 0.4) is 0 Å². The molecule has 0 unspecified atom stereocenters. The summed E-state index contributed by atoms with van der Waals surface area (Å²) in [7, 11) is 3.03. The molecule has 0 bridgehead atoms. The van der Waals surface area contributed by atoms with Gasteiger partial charge in [0.25, 0.3) is 0 Å².